The summed E-state index contributed by atoms with van der Waals surface area (Å²) in [4.78, 5) is 13.8. The highest BCUT2D eigenvalue weighted by Crippen LogP contribution is 2.50. The standard InChI is InChI=1S/C27H17N5O/c1-2-8-18(9-3-1)22-21-13-12-17-7-4-5-11-20(17)24(21)33-27-23(22)26-30-25(31-32(26)16-29-27)19-10-6-14-28-15-19/h1-16,22H. The van der Waals surface area contributed by atoms with Gasteiger partial charge in [-0.3, -0.25) is 4.98 Å². The average Bonchev–Trinajstić information content (AvgIpc) is 3.33. The lowest BCUT2D eigenvalue weighted by molar-refractivity contribution is 0.437. The molecule has 1 atom stereocenters. The van der Waals surface area contributed by atoms with Crippen molar-refractivity contribution in [2.75, 3.05) is 0 Å². The van der Waals surface area contributed by atoms with Crippen LogP contribution in [0.5, 0.6) is 11.6 Å². The first-order chi connectivity index (χ1) is 16.4. The predicted octanol–water partition coefficient (Wildman–Crippen LogP) is 5.63. The molecule has 6 nitrogen and oxygen atoms in total. The van der Waals surface area contributed by atoms with Gasteiger partial charge in [-0.1, -0.05) is 66.7 Å². The fraction of sp³-hybridized carbons (Fsp3) is 0.0370. The van der Waals surface area contributed by atoms with Crippen molar-refractivity contribution in [3.8, 4) is 23.0 Å². The largest absolute Gasteiger partial charge is 0.438 e. The molecule has 0 fully saturated rings. The quantitative estimate of drug-likeness (QED) is 0.358. The lowest BCUT2D eigenvalue weighted by Gasteiger charge is -2.28. The van der Waals surface area contributed by atoms with Gasteiger partial charge in [-0.2, -0.15) is 0 Å². The van der Waals surface area contributed by atoms with Gasteiger partial charge in [-0.15, -0.1) is 5.10 Å². The molecule has 0 saturated carbocycles. The number of hydrogen-bond acceptors (Lipinski definition) is 5. The van der Waals surface area contributed by atoms with Crippen molar-refractivity contribution >= 4 is 16.4 Å². The molecule has 0 radical (unpaired) electrons. The lowest BCUT2D eigenvalue weighted by Crippen LogP contribution is -2.15. The Morgan fingerprint density at radius 2 is 1.73 bits per heavy atom. The lowest BCUT2D eigenvalue weighted by atomic mass is 9.83. The van der Waals surface area contributed by atoms with Crippen molar-refractivity contribution in [3.63, 3.8) is 0 Å². The minimum atomic E-state index is -0.0864. The van der Waals surface area contributed by atoms with E-state index in [1.54, 1.807) is 23.2 Å². The Hall–Kier alpha value is -4.58. The normalized spacial score (nSPS) is 14.6. The van der Waals surface area contributed by atoms with Gasteiger partial charge in [-0.25, -0.2) is 14.5 Å². The monoisotopic (exact) mass is 427 g/mol. The Labute approximate surface area is 189 Å². The fourth-order valence-corrected chi connectivity index (χ4v) is 4.66. The number of benzene rings is 3. The van der Waals surface area contributed by atoms with Gasteiger partial charge in [-0.05, 0) is 23.1 Å². The maximum absolute atomic E-state index is 6.46. The molecule has 4 heterocycles. The van der Waals surface area contributed by atoms with Crippen molar-refractivity contribution in [1.29, 1.82) is 0 Å². The molecule has 0 N–H and O–H groups in total. The smallest absolute Gasteiger partial charge is 0.228 e. The maximum Gasteiger partial charge on any atom is 0.228 e. The van der Waals surface area contributed by atoms with E-state index in [1.165, 1.54) is 0 Å². The minimum absolute atomic E-state index is 0.0864. The van der Waals surface area contributed by atoms with Gasteiger partial charge in [0.05, 0.1) is 5.56 Å². The summed E-state index contributed by atoms with van der Waals surface area (Å²) in [5, 5.41) is 6.88. The topological polar surface area (TPSA) is 65.2 Å². The summed E-state index contributed by atoms with van der Waals surface area (Å²) in [5.74, 6) is 1.93. The van der Waals surface area contributed by atoms with Gasteiger partial charge in [0.25, 0.3) is 0 Å². The number of pyridine rings is 1. The first-order valence-electron chi connectivity index (χ1n) is 10.8. The first-order valence-corrected chi connectivity index (χ1v) is 10.8. The van der Waals surface area contributed by atoms with Crippen LogP contribution < -0.4 is 4.74 Å². The summed E-state index contributed by atoms with van der Waals surface area (Å²) in [6, 6.07) is 26.8. The molecule has 1 aliphatic heterocycles. The van der Waals surface area contributed by atoms with Crippen LogP contribution in [-0.2, 0) is 0 Å². The molecule has 3 aromatic heterocycles. The van der Waals surface area contributed by atoms with E-state index in [4.69, 9.17) is 9.72 Å². The molecule has 0 bridgehead atoms. The van der Waals surface area contributed by atoms with Crippen molar-refractivity contribution in [2.24, 2.45) is 0 Å². The van der Waals surface area contributed by atoms with Crippen molar-refractivity contribution in [3.05, 3.63) is 114 Å². The zero-order valence-electron chi connectivity index (χ0n) is 17.5. The zero-order chi connectivity index (χ0) is 21.8. The van der Waals surface area contributed by atoms with Crippen LogP contribution in [-0.4, -0.2) is 24.6 Å². The van der Waals surface area contributed by atoms with Crippen LogP contribution >= 0.6 is 0 Å². The molecule has 0 saturated heterocycles. The Bertz CT molecular complexity index is 1640. The third-order valence-corrected chi connectivity index (χ3v) is 6.15. The van der Waals surface area contributed by atoms with Gasteiger partial charge in [0.2, 0.25) is 5.88 Å². The summed E-state index contributed by atoms with van der Waals surface area (Å²) in [6.45, 7) is 0. The molecule has 0 spiro atoms. The molecule has 0 amide bonds. The van der Waals surface area contributed by atoms with E-state index >= 15 is 0 Å². The van der Waals surface area contributed by atoms with E-state index in [-0.39, 0.29) is 5.92 Å². The average molecular weight is 427 g/mol. The van der Waals surface area contributed by atoms with Crippen LogP contribution in [0.2, 0.25) is 0 Å². The van der Waals surface area contributed by atoms with E-state index in [9.17, 15) is 0 Å². The van der Waals surface area contributed by atoms with Gasteiger partial charge in [0, 0.05) is 34.8 Å². The summed E-state index contributed by atoms with van der Waals surface area (Å²) in [7, 11) is 0. The van der Waals surface area contributed by atoms with Gasteiger partial charge < -0.3 is 4.74 Å². The van der Waals surface area contributed by atoms with Crippen molar-refractivity contribution in [1.82, 2.24) is 24.6 Å². The van der Waals surface area contributed by atoms with Gasteiger partial charge in [0.15, 0.2) is 11.5 Å². The van der Waals surface area contributed by atoms with Crippen LogP contribution in [0, 0.1) is 0 Å². The van der Waals surface area contributed by atoms with Crippen molar-refractivity contribution < 1.29 is 4.74 Å². The number of aromatic nitrogens is 5. The molecular weight excluding hydrogens is 410 g/mol. The Kier molecular flexibility index (Phi) is 3.81. The molecule has 1 aliphatic rings. The summed E-state index contributed by atoms with van der Waals surface area (Å²) < 4.78 is 8.19. The van der Waals surface area contributed by atoms with Crippen LogP contribution in [0.15, 0.2) is 97.6 Å². The molecule has 0 aliphatic carbocycles. The third kappa shape index (κ3) is 2.74. The van der Waals surface area contributed by atoms with Crippen LogP contribution in [0.25, 0.3) is 27.8 Å². The van der Waals surface area contributed by atoms with E-state index in [1.807, 2.05) is 30.3 Å². The maximum atomic E-state index is 6.46. The SMILES string of the molecule is c1ccc(C2c3ccc4ccccc4c3Oc3ncn4nc(-c5cccnc5)nc4c32)cc1. The number of nitrogens with zero attached hydrogens (tertiary/aromatic N) is 5. The second-order valence-electron chi connectivity index (χ2n) is 8.06. The molecule has 1 unspecified atom stereocenters. The summed E-state index contributed by atoms with van der Waals surface area (Å²) in [6.07, 6.45) is 5.17. The molecule has 7 rings (SSSR count). The molecule has 3 aromatic carbocycles. The predicted molar refractivity (Wildman–Crippen MR) is 125 cm³/mol. The Balaban J connectivity index is 1.53. The van der Waals surface area contributed by atoms with Crippen LogP contribution in [0.4, 0.5) is 0 Å². The second kappa shape index (κ2) is 6.97. The summed E-state index contributed by atoms with van der Waals surface area (Å²) >= 11 is 0. The molecule has 33 heavy (non-hydrogen) atoms. The third-order valence-electron chi connectivity index (χ3n) is 6.15. The number of rotatable bonds is 2. The number of fused-ring (bicyclic) bond motifs is 6. The molecule has 6 aromatic rings. The number of hydrogen-bond donors (Lipinski definition) is 0. The van der Waals surface area contributed by atoms with Gasteiger partial charge in [0.1, 0.15) is 12.1 Å². The highest BCUT2D eigenvalue weighted by molar-refractivity contribution is 5.91. The Morgan fingerprint density at radius 1 is 0.848 bits per heavy atom. The van der Waals surface area contributed by atoms with Gasteiger partial charge >= 0.3 is 0 Å². The molecule has 156 valence electrons. The van der Waals surface area contributed by atoms with E-state index in [2.05, 4.69) is 63.6 Å². The highest BCUT2D eigenvalue weighted by Gasteiger charge is 2.34. The fourth-order valence-electron chi connectivity index (χ4n) is 4.66. The highest BCUT2D eigenvalue weighted by atomic mass is 16.5. The Morgan fingerprint density at radius 3 is 2.61 bits per heavy atom. The number of ether oxygens (including phenoxy) is 1. The summed E-state index contributed by atoms with van der Waals surface area (Å²) in [5.41, 5.74) is 4.74. The van der Waals surface area contributed by atoms with Crippen LogP contribution in [0.3, 0.4) is 0 Å². The molecular formula is C27H17N5O. The minimum Gasteiger partial charge on any atom is -0.438 e. The van der Waals surface area contributed by atoms with Crippen molar-refractivity contribution in [2.45, 2.75) is 5.92 Å². The van der Waals surface area contributed by atoms with E-state index in [0.29, 0.717) is 11.7 Å². The van der Waals surface area contributed by atoms with E-state index in [0.717, 1.165) is 44.4 Å². The second-order valence-corrected chi connectivity index (χ2v) is 8.06. The van der Waals surface area contributed by atoms with Crippen LogP contribution in [0.1, 0.15) is 22.6 Å². The molecule has 6 heteroatoms. The first kappa shape index (κ1) is 18.0. The van der Waals surface area contributed by atoms with E-state index < -0.39 is 0 Å². The zero-order valence-corrected chi connectivity index (χ0v) is 17.5.